The number of hydrogen-bond acceptors (Lipinski definition) is 6. The molecular formula is C21H31N3O6. The van der Waals surface area contributed by atoms with Gasteiger partial charge in [-0.2, -0.15) is 0 Å². The van der Waals surface area contributed by atoms with Gasteiger partial charge in [-0.05, 0) is 24.3 Å². The highest BCUT2D eigenvalue weighted by atomic mass is 16.5. The molecule has 1 aromatic carbocycles. The number of esters is 1. The van der Waals surface area contributed by atoms with Crippen LogP contribution in [0.5, 0.6) is 0 Å². The van der Waals surface area contributed by atoms with E-state index in [4.69, 9.17) is 15.2 Å². The van der Waals surface area contributed by atoms with Crippen LogP contribution in [0.25, 0.3) is 0 Å². The number of hydrogen-bond donors (Lipinski definition) is 3. The second-order valence-corrected chi connectivity index (χ2v) is 7.30. The van der Waals surface area contributed by atoms with Crippen molar-refractivity contribution in [2.24, 2.45) is 17.6 Å². The van der Waals surface area contributed by atoms with Crippen molar-refractivity contribution in [3.05, 3.63) is 35.9 Å². The first-order valence-corrected chi connectivity index (χ1v) is 9.88. The van der Waals surface area contributed by atoms with Gasteiger partial charge in [-0.15, -0.1) is 0 Å². The van der Waals surface area contributed by atoms with Gasteiger partial charge in [0.2, 0.25) is 11.8 Å². The third-order valence-electron chi connectivity index (χ3n) is 4.40. The Kier molecular flexibility index (Phi) is 10.4. The normalized spacial score (nSPS) is 13.6. The maximum absolute atomic E-state index is 12.7. The van der Waals surface area contributed by atoms with Gasteiger partial charge in [0.25, 0.3) is 0 Å². The Morgan fingerprint density at radius 1 is 0.967 bits per heavy atom. The summed E-state index contributed by atoms with van der Waals surface area (Å²) in [5, 5.41) is 5.05. The Hall–Kier alpha value is -3.10. The van der Waals surface area contributed by atoms with E-state index in [0.717, 1.165) is 5.56 Å². The molecule has 0 aromatic heterocycles. The molecule has 3 atom stereocenters. The van der Waals surface area contributed by atoms with Gasteiger partial charge >= 0.3 is 12.1 Å². The number of alkyl carbamates (subject to hydrolysis) is 1. The van der Waals surface area contributed by atoms with E-state index in [2.05, 4.69) is 10.6 Å². The first-order chi connectivity index (χ1) is 14.1. The topological polar surface area (TPSA) is 137 Å². The van der Waals surface area contributed by atoms with E-state index >= 15 is 0 Å². The Bertz CT molecular complexity index is 723. The van der Waals surface area contributed by atoms with Crippen LogP contribution in [0.1, 0.15) is 39.7 Å². The SMILES string of the molecule is CCOC(=O)C[C@H](C)[C@@H](NC(=O)[C@H](NC(=O)OCc1ccccc1)C(C)C)C(N)=O. The average Bonchev–Trinajstić information content (AvgIpc) is 2.68. The second-order valence-electron chi connectivity index (χ2n) is 7.30. The van der Waals surface area contributed by atoms with Gasteiger partial charge in [0.1, 0.15) is 18.7 Å². The minimum atomic E-state index is -1.09. The van der Waals surface area contributed by atoms with Crippen molar-refractivity contribution in [2.75, 3.05) is 6.61 Å². The minimum absolute atomic E-state index is 0.0552. The van der Waals surface area contributed by atoms with Crippen LogP contribution >= 0.6 is 0 Å². The Labute approximate surface area is 176 Å². The van der Waals surface area contributed by atoms with Gasteiger partial charge in [0, 0.05) is 0 Å². The zero-order valence-corrected chi connectivity index (χ0v) is 17.8. The van der Waals surface area contributed by atoms with Crippen LogP contribution in [-0.2, 0) is 30.5 Å². The van der Waals surface area contributed by atoms with Crippen molar-refractivity contribution in [1.82, 2.24) is 10.6 Å². The molecule has 1 rings (SSSR count). The average molecular weight is 421 g/mol. The number of carbonyl (C=O) groups is 4. The monoisotopic (exact) mass is 421 g/mol. The van der Waals surface area contributed by atoms with Gasteiger partial charge in [-0.25, -0.2) is 4.79 Å². The largest absolute Gasteiger partial charge is 0.466 e. The molecule has 0 radical (unpaired) electrons. The Morgan fingerprint density at radius 3 is 2.13 bits per heavy atom. The number of amides is 3. The van der Waals surface area contributed by atoms with Crippen LogP contribution in [0.2, 0.25) is 0 Å². The summed E-state index contributed by atoms with van der Waals surface area (Å²) in [5.74, 6) is -2.74. The first-order valence-electron chi connectivity index (χ1n) is 9.88. The molecular weight excluding hydrogens is 390 g/mol. The third-order valence-corrected chi connectivity index (χ3v) is 4.40. The molecule has 0 bridgehead atoms. The number of rotatable bonds is 11. The first kappa shape index (κ1) is 24.9. The number of nitrogens with one attached hydrogen (secondary N) is 2. The fourth-order valence-corrected chi connectivity index (χ4v) is 2.76. The molecule has 0 heterocycles. The van der Waals surface area contributed by atoms with Crippen LogP contribution in [0.3, 0.4) is 0 Å². The molecule has 0 aliphatic rings. The number of ether oxygens (including phenoxy) is 2. The number of benzene rings is 1. The molecule has 0 saturated carbocycles. The highest BCUT2D eigenvalue weighted by Crippen LogP contribution is 2.12. The zero-order chi connectivity index (χ0) is 22.7. The maximum Gasteiger partial charge on any atom is 0.408 e. The lowest BCUT2D eigenvalue weighted by molar-refractivity contribution is -0.145. The van der Waals surface area contributed by atoms with Crippen molar-refractivity contribution in [3.8, 4) is 0 Å². The standard InChI is InChI=1S/C21H31N3O6/c1-5-29-16(25)11-14(4)18(19(22)26)23-20(27)17(13(2)3)24-21(28)30-12-15-9-7-6-8-10-15/h6-10,13-14,17-18H,5,11-12H2,1-4H3,(H2,22,26)(H,23,27)(H,24,28)/t14-,17+,18+/m0/s1. The van der Waals surface area contributed by atoms with Gasteiger partial charge in [-0.1, -0.05) is 51.1 Å². The molecule has 1 aromatic rings. The third kappa shape index (κ3) is 8.50. The lowest BCUT2D eigenvalue weighted by Crippen LogP contribution is -2.56. The van der Waals surface area contributed by atoms with E-state index < -0.39 is 41.9 Å². The van der Waals surface area contributed by atoms with Crippen molar-refractivity contribution < 1.29 is 28.7 Å². The zero-order valence-electron chi connectivity index (χ0n) is 17.8. The molecule has 9 nitrogen and oxygen atoms in total. The van der Waals surface area contributed by atoms with E-state index in [1.165, 1.54) is 0 Å². The molecule has 166 valence electrons. The lowest BCUT2D eigenvalue weighted by atomic mass is 9.96. The van der Waals surface area contributed by atoms with Crippen molar-refractivity contribution in [3.63, 3.8) is 0 Å². The summed E-state index contributed by atoms with van der Waals surface area (Å²) in [6.07, 6.45) is -0.844. The summed E-state index contributed by atoms with van der Waals surface area (Å²) in [7, 11) is 0. The summed E-state index contributed by atoms with van der Waals surface area (Å²) in [4.78, 5) is 48.4. The quantitative estimate of drug-likeness (QED) is 0.463. The van der Waals surface area contributed by atoms with Crippen LogP contribution < -0.4 is 16.4 Å². The molecule has 0 fully saturated rings. The minimum Gasteiger partial charge on any atom is -0.466 e. The van der Waals surface area contributed by atoms with Crippen molar-refractivity contribution >= 4 is 23.9 Å². The Morgan fingerprint density at radius 2 is 1.60 bits per heavy atom. The molecule has 3 amide bonds. The van der Waals surface area contributed by atoms with Gasteiger partial charge in [0.15, 0.2) is 0 Å². The predicted molar refractivity (Wildman–Crippen MR) is 110 cm³/mol. The molecule has 9 heteroatoms. The smallest absolute Gasteiger partial charge is 0.408 e. The van der Waals surface area contributed by atoms with E-state index in [0.29, 0.717) is 0 Å². The fourth-order valence-electron chi connectivity index (χ4n) is 2.76. The Balaban J connectivity index is 2.72. The predicted octanol–water partition coefficient (Wildman–Crippen LogP) is 1.50. The van der Waals surface area contributed by atoms with Gasteiger partial charge in [-0.3, -0.25) is 14.4 Å². The second kappa shape index (κ2) is 12.5. The lowest BCUT2D eigenvalue weighted by Gasteiger charge is -2.26. The summed E-state index contributed by atoms with van der Waals surface area (Å²) in [5.41, 5.74) is 6.21. The summed E-state index contributed by atoms with van der Waals surface area (Å²) in [6, 6.07) is 7.06. The van der Waals surface area contributed by atoms with Crippen LogP contribution in [0.4, 0.5) is 4.79 Å². The van der Waals surface area contributed by atoms with Gasteiger partial charge < -0.3 is 25.8 Å². The maximum atomic E-state index is 12.7. The fraction of sp³-hybridized carbons (Fsp3) is 0.524. The summed E-state index contributed by atoms with van der Waals surface area (Å²) >= 11 is 0. The van der Waals surface area contributed by atoms with Crippen molar-refractivity contribution in [2.45, 2.75) is 52.8 Å². The molecule has 0 unspecified atom stereocenters. The van der Waals surface area contributed by atoms with Crippen LogP contribution in [0, 0.1) is 11.8 Å². The van der Waals surface area contributed by atoms with Crippen molar-refractivity contribution in [1.29, 1.82) is 0 Å². The van der Waals surface area contributed by atoms with Crippen LogP contribution in [0.15, 0.2) is 30.3 Å². The molecule has 0 saturated heterocycles. The molecule has 0 aliphatic carbocycles. The number of primary amides is 1. The molecule has 0 aliphatic heterocycles. The van der Waals surface area contributed by atoms with E-state index in [1.807, 2.05) is 30.3 Å². The highest BCUT2D eigenvalue weighted by molar-refractivity contribution is 5.91. The molecule has 0 spiro atoms. The van der Waals surface area contributed by atoms with E-state index in [-0.39, 0.29) is 25.6 Å². The molecule has 4 N–H and O–H groups in total. The highest BCUT2D eigenvalue weighted by Gasteiger charge is 2.32. The summed E-state index contributed by atoms with van der Waals surface area (Å²) in [6.45, 7) is 7.03. The number of carbonyl (C=O) groups excluding carboxylic acids is 4. The molecule has 30 heavy (non-hydrogen) atoms. The van der Waals surface area contributed by atoms with Gasteiger partial charge in [0.05, 0.1) is 13.0 Å². The van der Waals surface area contributed by atoms with Crippen LogP contribution in [-0.4, -0.2) is 42.6 Å². The van der Waals surface area contributed by atoms with E-state index in [9.17, 15) is 19.2 Å². The number of nitrogens with two attached hydrogens (primary N) is 1. The van der Waals surface area contributed by atoms with E-state index in [1.54, 1.807) is 27.7 Å². The summed E-state index contributed by atoms with van der Waals surface area (Å²) < 4.78 is 10.0.